The Hall–Kier alpha value is -1.94. The van der Waals surface area contributed by atoms with Crippen LogP contribution in [0, 0.1) is 11.8 Å². The first-order valence-electron chi connectivity index (χ1n) is 10.0. The van der Waals surface area contributed by atoms with E-state index in [4.69, 9.17) is 0 Å². The second-order valence-electron chi connectivity index (χ2n) is 8.10. The van der Waals surface area contributed by atoms with Gasteiger partial charge in [0.05, 0.1) is 17.7 Å². The highest BCUT2D eigenvalue weighted by atomic mass is 16.3. The molecule has 0 bridgehead atoms. The number of nitrogens with zero attached hydrogens (tertiary/aromatic N) is 1. The molecule has 4 nitrogen and oxygen atoms in total. The van der Waals surface area contributed by atoms with Gasteiger partial charge in [0.25, 0.3) is 0 Å². The van der Waals surface area contributed by atoms with E-state index in [1.54, 1.807) is 0 Å². The van der Waals surface area contributed by atoms with Crippen LogP contribution in [0.15, 0.2) is 36.5 Å². The largest absolute Gasteiger partial charge is 0.393 e. The fourth-order valence-corrected chi connectivity index (χ4v) is 4.52. The monoisotopic (exact) mass is 352 g/mol. The molecule has 138 valence electrons. The minimum atomic E-state index is -0.230. The standard InChI is InChI=1S/C22H28N2O2/c25-19-12-17(13-19)22(24-21(26)10-15-6-2-1-3-7-15)18-11-16-8-4-5-9-20(16)23-14-18/h4-5,8-9,11,14-15,17,19,22,25H,1-3,6-7,10,12-13H2,(H,24,26)/t17?,19?,22-/m0/s1. The van der Waals surface area contributed by atoms with Gasteiger partial charge in [0, 0.05) is 18.0 Å². The summed E-state index contributed by atoms with van der Waals surface area (Å²) in [6, 6.07) is 10.1. The second-order valence-corrected chi connectivity index (χ2v) is 8.10. The molecule has 2 saturated carbocycles. The third kappa shape index (κ3) is 3.90. The fraction of sp³-hybridized carbons (Fsp3) is 0.545. The number of benzene rings is 1. The first-order chi connectivity index (χ1) is 12.7. The van der Waals surface area contributed by atoms with Crippen LogP contribution < -0.4 is 5.32 Å². The molecule has 0 aliphatic heterocycles. The summed E-state index contributed by atoms with van der Waals surface area (Å²) >= 11 is 0. The van der Waals surface area contributed by atoms with E-state index in [1.807, 2.05) is 24.4 Å². The molecule has 2 aliphatic rings. The molecule has 1 aromatic carbocycles. The summed E-state index contributed by atoms with van der Waals surface area (Å²) in [5.41, 5.74) is 2.02. The van der Waals surface area contributed by atoms with Crippen molar-refractivity contribution in [3.05, 3.63) is 42.1 Å². The number of amides is 1. The summed E-state index contributed by atoms with van der Waals surface area (Å²) in [6.45, 7) is 0. The summed E-state index contributed by atoms with van der Waals surface area (Å²) in [6.07, 6.45) is 9.97. The van der Waals surface area contributed by atoms with Crippen LogP contribution in [0.3, 0.4) is 0 Å². The number of aliphatic hydroxyl groups excluding tert-OH is 1. The Morgan fingerprint density at radius 3 is 2.73 bits per heavy atom. The van der Waals surface area contributed by atoms with Crippen molar-refractivity contribution in [1.82, 2.24) is 10.3 Å². The fourth-order valence-electron chi connectivity index (χ4n) is 4.52. The van der Waals surface area contributed by atoms with Crippen molar-refractivity contribution in [1.29, 1.82) is 0 Å². The number of nitrogens with one attached hydrogen (secondary N) is 1. The molecule has 4 heteroatoms. The summed E-state index contributed by atoms with van der Waals surface area (Å²) in [5, 5.41) is 14.1. The SMILES string of the molecule is O=C(CC1CCCCC1)N[C@H](c1cnc2ccccc2c1)C1CC(O)C1. The number of para-hydroxylation sites is 1. The number of carbonyl (C=O) groups excluding carboxylic acids is 1. The minimum absolute atomic E-state index is 0.0494. The molecule has 4 rings (SSSR count). The lowest BCUT2D eigenvalue weighted by Crippen LogP contribution is -2.41. The number of pyridine rings is 1. The highest BCUT2D eigenvalue weighted by molar-refractivity contribution is 5.80. The van der Waals surface area contributed by atoms with Crippen LogP contribution in [0.4, 0.5) is 0 Å². The molecule has 2 aromatic rings. The van der Waals surface area contributed by atoms with E-state index in [2.05, 4.69) is 22.4 Å². The van der Waals surface area contributed by atoms with Gasteiger partial charge in [-0.05, 0) is 55.2 Å². The van der Waals surface area contributed by atoms with Crippen LogP contribution in [0.2, 0.25) is 0 Å². The van der Waals surface area contributed by atoms with Gasteiger partial charge in [-0.2, -0.15) is 0 Å². The molecular formula is C22H28N2O2. The van der Waals surface area contributed by atoms with Gasteiger partial charge in [0.15, 0.2) is 0 Å². The van der Waals surface area contributed by atoms with Crippen LogP contribution in [-0.4, -0.2) is 22.1 Å². The van der Waals surface area contributed by atoms with E-state index in [1.165, 1.54) is 32.1 Å². The van der Waals surface area contributed by atoms with Gasteiger partial charge in [-0.1, -0.05) is 37.5 Å². The molecule has 1 amide bonds. The van der Waals surface area contributed by atoms with Crippen LogP contribution in [0.1, 0.15) is 63.0 Å². The number of rotatable bonds is 5. The smallest absolute Gasteiger partial charge is 0.220 e. The average molecular weight is 352 g/mol. The zero-order valence-corrected chi connectivity index (χ0v) is 15.2. The van der Waals surface area contributed by atoms with Crippen molar-refractivity contribution in [3.8, 4) is 0 Å². The lowest BCUT2D eigenvalue weighted by molar-refractivity contribution is -0.124. The van der Waals surface area contributed by atoms with Gasteiger partial charge in [-0.3, -0.25) is 9.78 Å². The van der Waals surface area contributed by atoms with Crippen molar-refractivity contribution in [2.24, 2.45) is 11.8 Å². The molecule has 0 unspecified atom stereocenters. The minimum Gasteiger partial charge on any atom is -0.393 e. The predicted octanol–water partition coefficient (Wildman–Crippen LogP) is 4.13. The molecule has 1 atom stereocenters. The normalized spacial score (nSPS) is 24.8. The first kappa shape index (κ1) is 17.5. The van der Waals surface area contributed by atoms with Gasteiger partial charge in [0.1, 0.15) is 0 Å². The van der Waals surface area contributed by atoms with Crippen molar-refractivity contribution in [3.63, 3.8) is 0 Å². The average Bonchev–Trinajstić information content (AvgIpc) is 2.64. The molecule has 26 heavy (non-hydrogen) atoms. The zero-order valence-electron chi connectivity index (χ0n) is 15.2. The molecule has 0 spiro atoms. The van der Waals surface area contributed by atoms with E-state index in [9.17, 15) is 9.90 Å². The van der Waals surface area contributed by atoms with Crippen molar-refractivity contribution in [2.45, 2.75) is 63.5 Å². The number of aromatic nitrogens is 1. The van der Waals surface area contributed by atoms with Gasteiger partial charge >= 0.3 is 0 Å². The van der Waals surface area contributed by atoms with E-state index in [-0.39, 0.29) is 18.1 Å². The third-order valence-electron chi connectivity index (χ3n) is 6.11. The van der Waals surface area contributed by atoms with Crippen LogP contribution in [0.5, 0.6) is 0 Å². The summed E-state index contributed by atoms with van der Waals surface area (Å²) in [7, 11) is 0. The number of hydrogen-bond donors (Lipinski definition) is 2. The predicted molar refractivity (Wildman–Crippen MR) is 103 cm³/mol. The van der Waals surface area contributed by atoms with E-state index < -0.39 is 0 Å². The van der Waals surface area contributed by atoms with Crippen LogP contribution >= 0.6 is 0 Å². The lowest BCUT2D eigenvalue weighted by Gasteiger charge is -2.38. The molecular weight excluding hydrogens is 324 g/mol. The number of carbonyl (C=O) groups is 1. The van der Waals surface area contributed by atoms with Gasteiger partial charge < -0.3 is 10.4 Å². The Bertz CT molecular complexity index is 764. The maximum Gasteiger partial charge on any atom is 0.220 e. The number of hydrogen-bond acceptors (Lipinski definition) is 3. The molecule has 0 saturated heterocycles. The number of aliphatic hydroxyl groups is 1. The van der Waals surface area contributed by atoms with E-state index in [0.29, 0.717) is 18.3 Å². The molecule has 2 fully saturated rings. The van der Waals surface area contributed by atoms with Crippen molar-refractivity contribution >= 4 is 16.8 Å². The van der Waals surface area contributed by atoms with E-state index in [0.717, 1.165) is 29.3 Å². The van der Waals surface area contributed by atoms with Gasteiger partial charge in [-0.15, -0.1) is 0 Å². The highest BCUT2D eigenvalue weighted by Gasteiger charge is 2.36. The summed E-state index contributed by atoms with van der Waals surface area (Å²) < 4.78 is 0. The summed E-state index contributed by atoms with van der Waals surface area (Å²) in [4.78, 5) is 17.3. The van der Waals surface area contributed by atoms with E-state index >= 15 is 0 Å². The lowest BCUT2D eigenvalue weighted by atomic mass is 9.75. The Kier molecular flexibility index (Phi) is 5.21. The molecule has 1 aromatic heterocycles. The van der Waals surface area contributed by atoms with Crippen LogP contribution in [-0.2, 0) is 4.79 Å². The molecule has 2 aliphatic carbocycles. The molecule has 2 N–H and O–H groups in total. The van der Waals surface area contributed by atoms with Gasteiger partial charge in [-0.25, -0.2) is 0 Å². The first-order valence-corrected chi connectivity index (χ1v) is 10.0. The molecule has 0 radical (unpaired) electrons. The third-order valence-corrected chi connectivity index (χ3v) is 6.11. The number of fused-ring (bicyclic) bond motifs is 1. The Balaban J connectivity index is 1.50. The maximum atomic E-state index is 12.7. The molecule has 1 heterocycles. The van der Waals surface area contributed by atoms with Crippen LogP contribution in [0.25, 0.3) is 10.9 Å². The Morgan fingerprint density at radius 1 is 1.19 bits per heavy atom. The van der Waals surface area contributed by atoms with Gasteiger partial charge in [0.2, 0.25) is 5.91 Å². The maximum absolute atomic E-state index is 12.7. The summed E-state index contributed by atoms with van der Waals surface area (Å²) in [5.74, 6) is 0.978. The highest BCUT2D eigenvalue weighted by Crippen LogP contribution is 2.38. The Morgan fingerprint density at radius 2 is 1.96 bits per heavy atom. The second kappa shape index (κ2) is 7.75. The van der Waals surface area contributed by atoms with Crippen molar-refractivity contribution in [2.75, 3.05) is 0 Å². The Labute approximate surface area is 155 Å². The van der Waals surface area contributed by atoms with Crippen molar-refractivity contribution < 1.29 is 9.90 Å². The zero-order chi connectivity index (χ0) is 17.9. The quantitative estimate of drug-likeness (QED) is 0.850. The topological polar surface area (TPSA) is 62.2 Å².